The molecule has 1 saturated heterocycles. The van der Waals surface area contributed by atoms with Gasteiger partial charge in [-0.05, 0) is 38.0 Å². The van der Waals surface area contributed by atoms with Crippen LogP contribution < -0.4 is 0 Å². The first-order valence-electron chi connectivity index (χ1n) is 8.97. The minimum Gasteiger partial charge on any atom is -0.370 e. The highest BCUT2D eigenvalue weighted by atomic mass is 79.9. The van der Waals surface area contributed by atoms with Gasteiger partial charge in [-0.3, -0.25) is 9.59 Å². The number of hydrogen-bond donors (Lipinski definition) is 0. The van der Waals surface area contributed by atoms with Gasteiger partial charge in [0, 0.05) is 36.9 Å². The van der Waals surface area contributed by atoms with Crippen molar-refractivity contribution in [3.05, 3.63) is 34.3 Å². The fourth-order valence-electron chi connectivity index (χ4n) is 3.04. The molecular formula is C19H27BrN2O3. The van der Waals surface area contributed by atoms with Crippen LogP contribution in [0.1, 0.15) is 44.8 Å². The second kappa shape index (κ2) is 9.92. The molecule has 0 radical (unpaired) electrons. The van der Waals surface area contributed by atoms with Gasteiger partial charge in [-0.1, -0.05) is 28.1 Å². The van der Waals surface area contributed by atoms with Crippen molar-refractivity contribution in [2.45, 2.75) is 39.2 Å². The third kappa shape index (κ3) is 5.82. The molecule has 5 nitrogen and oxygen atoms in total. The molecular weight excluding hydrogens is 384 g/mol. The number of hydrogen-bond acceptors (Lipinski definition) is 3. The van der Waals surface area contributed by atoms with Gasteiger partial charge in [-0.25, -0.2) is 0 Å². The summed E-state index contributed by atoms with van der Waals surface area (Å²) in [7, 11) is 0. The van der Waals surface area contributed by atoms with Crippen molar-refractivity contribution in [2.75, 3.05) is 32.8 Å². The van der Waals surface area contributed by atoms with E-state index in [1.165, 1.54) is 0 Å². The molecule has 2 rings (SSSR count). The van der Waals surface area contributed by atoms with Crippen LogP contribution in [0.3, 0.4) is 0 Å². The first-order valence-corrected chi connectivity index (χ1v) is 9.77. The Morgan fingerprint density at radius 3 is 2.52 bits per heavy atom. The van der Waals surface area contributed by atoms with E-state index in [4.69, 9.17) is 4.74 Å². The van der Waals surface area contributed by atoms with E-state index < -0.39 is 0 Å². The summed E-state index contributed by atoms with van der Waals surface area (Å²) in [4.78, 5) is 28.1. The van der Waals surface area contributed by atoms with Gasteiger partial charge >= 0.3 is 0 Å². The summed E-state index contributed by atoms with van der Waals surface area (Å²) in [6.07, 6.45) is 1.38. The largest absolute Gasteiger partial charge is 0.370 e. The van der Waals surface area contributed by atoms with E-state index in [0.717, 1.165) is 23.1 Å². The Bertz CT molecular complexity index is 573. The lowest BCUT2D eigenvalue weighted by Crippen LogP contribution is -2.42. The van der Waals surface area contributed by atoms with Crippen LogP contribution in [0, 0.1) is 0 Å². The molecule has 1 fully saturated rings. The lowest BCUT2D eigenvalue weighted by molar-refractivity contribution is -0.139. The van der Waals surface area contributed by atoms with Gasteiger partial charge in [0.25, 0.3) is 0 Å². The smallest absolute Gasteiger partial charge is 0.222 e. The van der Waals surface area contributed by atoms with Crippen LogP contribution in [0.15, 0.2) is 28.7 Å². The normalized spacial score (nSPS) is 17.4. The second-order valence-electron chi connectivity index (χ2n) is 6.17. The molecule has 0 aliphatic carbocycles. The molecule has 1 aliphatic heterocycles. The maximum absolute atomic E-state index is 12.5. The Balaban J connectivity index is 1.81. The van der Waals surface area contributed by atoms with Gasteiger partial charge < -0.3 is 14.5 Å². The average molecular weight is 411 g/mol. The highest BCUT2D eigenvalue weighted by molar-refractivity contribution is 9.10. The fraction of sp³-hybridized carbons (Fsp3) is 0.579. The van der Waals surface area contributed by atoms with Crippen LogP contribution in [0.4, 0.5) is 0 Å². The van der Waals surface area contributed by atoms with E-state index >= 15 is 0 Å². The molecule has 1 aromatic carbocycles. The summed E-state index contributed by atoms with van der Waals surface area (Å²) in [5.74, 6) is 0.241. The third-order valence-electron chi connectivity index (χ3n) is 4.56. The zero-order valence-corrected chi connectivity index (χ0v) is 16.6. The minimum absolute atomic E-state index is 0.0805. The maximum atomic E-state index is 12.5. The van der Waals surface area contributed by atoms with Crippen LogP contribution in [0.5, 0.6) is 0 Å². The molecule has 0 aromatic heterocycles. The number of benzene rings is 1. The number of halogens is 1. The van der Waals surface area contributed by atoms with Crippen LogP contribution in [0.25, 0.3) is 0 Å². The second-order valence-corrected chi connectivity index (χ2v) is 7.09. The molecule has 1 aromatic rings. The van der Waals surface area contributed by atoms with Crippen molar-refractivity contribution in [1.82, 2.24) is 9.80 Å². The number of morpholine rings is 1. The Hall–Kier alpha value is -1.40. The molecule has 138 valence electrons. The van der Waals surface area contributed by atoms with Crippen LogP contribution in [-0.4, -0.2) is 54.4 Å². The van der Waals surface area contributed by atoms with Crippen LogP contribution in [0.2, 0.25) is 0 Å². The summed E-state index contributed by atoms with van der Waals surface area (Å²) in [6, 6.07) is 8.01. The highest BCUT2D eigenvalue weighted by Gasteiger charge is 2.25. The topological polar surface area (TPSA) is 49.9 Å². The highest BCUT2D eigenvalue weighted by Crippen LogP contribution is 2.24. The lowest BCUT2D eigenvalue weighted by Gasteiger charge is -2.33. The number of carbonyl (C=O) groups is 2. The van der Waals surface area contributed by atoms with Crippen LogP contribution in [-0.2, 0) is 14.3 Å². The molecule has 2 amide bonds. The number of nitrogens with zero attached hydrogens (tertiary/aromatic N) is 2. The zero-order valence-electron chi connectivity index (χ0n) is 15.0. The van der Waals surface area contributed by atoms with Gasteiger partial charge in [0.15, 0.2) is 0 Å². The average Bonchev–Trinajstić information content (AvgIpc) is 2.63. The quantitative estimate of drug-likeness (QED) is 0.691. The molecule has 1 unspecified atom stereocenters. The molecule has 1 atom stereocenters. The van der Waals surface area contributed by atoms with Gasteiger partial charge in [-0.15, -0.1) is 0 Å². The molecule has 0 saturated carbocycles. The summed E-state index contributed by atoms with van der Waals surface area (Å²) in [6.45, 7) is 7.14. The number of carbonyl (C=O) groups excluding carboxylic acids is 2. The van der Waals surface area contributed by atoms with E-state index in [1.54, 1.807) is 0 Å². The van der Waals surface area contributed by atoms with Crippen molar-refractivity contribution in [1.29, 1.82) is 0 Å². The molecule has 0 bridgehead atoms. The fourth-order valence-corrected chi connectivity index (χ4v) is 3.30. The predicted molar refractivity (Wildman–Crippen MR) is 101 cm³/mol. The third-order valence-corrected chi connectivity index (χ3v) is 5.09. The number of ether oxygens (including phenoxy) is 1. The minimum atomic E-state index is -0.0805. The molecule has 1 heterocycles. The number of amides is 2. The summed E-state index contributed by atoms with van der Waals surface area (Å²) in [5, 5.41) is 0. The molecule has 0 spiro atoms. The molecule has 6 heteroatoms. The van der Waals surface area contributed by atoms with E-state index in [9.17, 15) is 9.59 Å². The summed E-state index contributed by atoms with van der Waals surface area (Å²) < 4.78 is 6.84. The van der Waals surface area contributed by atoms with Crippen molar-refractivity contribution in [2.24, 2.45) is 0 Å². The van der Waals surface area contributed by atoms with Gasteiger partial charge in [-0.2, -0.15) is 0 Å². The van der Waals surface area contributed by atoms with Crippen LogP contribution >= 0.6 is 15.9 Å². The van der Waals surface area contributed by atoms with Crippen molar-refractivity contribution < 1.29 is 14.3 Å². The summed E-state index contributed by atoms with van der Waals surface area (Å²) >= 11 is 3.43. The van der Waals surface area contributed by atoms with Gasteiger partial charge in [0.1, 0.15) is 6.10 Å². The predicted octanol–water partition coefficient (Wildman–Crippen LogP) is 3.39. The van der Waals surface area contributed by atoms with Gasteiger partial charge in [0.2, 0.25) is 11.8 Å². The first kappa shape index (κ1) is 19.9. The first-order chi connectivity index (χ1) is 12.0. The summed E-state index contributed by atoms with van der Waals surface area (Å²) in [5.41, 5.74) is 1.08. The maximum Gasteiger partial charge on any atom is 0.222 e. The Morgan fingerprint density at radius 1 is 1.20 bits per heavy atom. The van der Waals surface area contributed by atoms with Crippen molar-refractivity contribution in [3.8, 4) is 0 Å². The van der Waals surface area contributed by atoms with E-state index in [0.29, 0.717) is 39.0 Å². The van der Waals surface area contributed by atoms with Crippen molar-refractivity contribution >= 4 is 27.7 Å². The molecule has 1 aliphatic rings. The Labute approximate surface area is 158 Å². The standard InChI is InChI=1S/C19H27BrN2O3/c1-3-21(4-2)18(23)6-5-7-19(24)22-12-13-25-17(14-22)15-8-10-16(20)11-9-15/h8-11,17H,3-7,12-14H2,1-2H3. The number of rotatable bonds is 7. The SMILES string of the molecule is CCN(CC)C(=O)CCCC(=O)N1CCOC(c2ccc(Br)cc2)C1. The lowest BCUT2D eigenvalue weighted by atomic mass is 10.1. The van der Waals surface area contributed by atoms with E-state index in [1.807, 2.05) is 47.9 Å². The van der Waals surface area contributed by atoms with Crippen molar-refractivity contribution in [3.63, 3.8) is 0 Å². The Morgan fingerprint density at radius 2 is 1.88 bits per heavy atom. The monoisotopic (exact) mass is 410 g/mol. The van der Waals surface area contributed by atoms with Gasteiger partial charge in [0.05, 0.1) is 13.2 Å². The van der Waals surface area contributed by atoms with E-state index in [2.05, 4.69) is 15.9 Å². The molecule has 25 heavy (non-hydrogen) atoms. The Kier molecular flexibility index (Phi) is 7.90. The molecule has 0 N–H and O–H groups in total. The zero-order chi connectivity index (χ0) is 18.2. The van der Waals surface area contributed by atoms with E-state index in [-0.39, 0.29) is 17.9 Å².